The highest BCUT2D eigenvalue weighted by molar-refractivity contribution is 7.89. The molecule has 1 heterocycles. The summed E-state index contributed by atoms with van der Waals surface area (Å²) < 4.78 is 40.4. The second-order valence-electron chi connectivity index (χ2n) is 7.71. The van der Waals surface area contributed by atoms with Crippen LogP contribution in [0.25, 0.3) is 0 Å². The van der Waals surface area contributed by atoms with E-state index in [4.69, 9.17) is 0 Å². The summed E-state index contributed by atoms with van der Waals surface area (Å²) in [5.74, 6) is -0.749. The molecule has 1 amide bonds. The van der Waals surface area contributed by atoms with E-state index in [2.05, 4.69) is 0 Å². The molecule has 10 heteroatoms. The number of hydrogen-bond donors (Lipinski definition) is 0. The molecule has 0 spiro atoms. The van der Waals surface area contributed by atoms with Crippen LogP contribution in [0.5, 0.6) is 0 Å². The molecule has 1 aliphatic heterocycles. The SMILES string of the molecule is Cc1ccc([N+](=O)[O-])cc1S(=O)(=O)N1CCC(C(=O)N(C)Cc2ccc(F)cc2)CC1. The van der Waals surface area contributed by atoms with Crippen molar-refractivity contribution in [2.45, 2.75) is 31.2 Å². The molecule has 0 unspecified atom stereocenters. The molecule has 1 fully saturated rings. The number of nitro groups is 1. The number of hydrogen-bond acceptors (Lipinski definition) is 5. The van der Waals surface area contributed by atoms with Crippen LogP contribution in [0, 0.1) is 28.8 Å². The molecule has 2 aromatic rings. The average Bonchev–Trinajstić information content (AvgIpc) is 2.75. The van der Waals surface area contributed by atoms with Gasteiger partial charge in [-0.2, -0.15) is 4.31 Å². The van der Waals surface area contributed by atoms with Crippen molar-refractivity contribution in [1.82, 2.24) is 9.21 Å². The van der Waals surface area contributed by atoms with Crippen LogP contribution in [0.4, 0.5) is 10.1 Å². The fourth-order valence-corrected chi connectivity index (χ4v) is 5.43. The largest absolute Gasteiger partial charge is 0.341 e. The number of carbonyl (C=O) groups is 1. The molecular formula is C21H24FN3O5S. The van der Waals surface area contributed by atoms with Crippen LogP contribution >= 0.6 is 0 Å². The quantitative estimate of drug-likeness (QED) is 0.498. The Hall–Kier alpha value is -2.85. The van der Waals surface area contributed by atoms with Crippen molar-refractivity contribution in [2.24, 2.45) is 5.92 Å². The van der Waals surface area contributed by atoms with Crippen LogP contribution in [0.15, 0.2) is 47.4 Å². The number of rotatable bonds is 6. The van der Waals surface area contributed by atoms with Crippen molar-refractivity contribution in [3.05, 3.63) is 69.5 Å². The zero-order valence-electron chi connectivity index (χ0n) is 17.3. The first-order chi connectivity index (χ1) is 14.6. The normalized spacial score (nSPS) is 15.6. The Labute approximate surface area is 180 Å². The number of nitrogens with zero attached hydrogens (tertiary/aromatic N) is 3. The lowest BCUT2D eigenvalue weighted by Gasteiger charge is -2.32. The van der Waals surface area contributed by atoms with Gasteiger partial charge >= 0.3 is 0 Å². The lowest BCUT2D eigenvalue weighted by Crippen LogP contribution is -2.43. The van der Waals surface area contributed by atoms with E-state index in [-0.39, 0.29) is 41.3 Å². The monoisotopic (exact) mass is 449 g/mol. The molecule has 0 N–H and O–H groups in total. The van der Waals surface area contributed by atoms with Gasteiger partial charge in [0.1, 0.15) is 5.82 Å². The Bertz CT molecular complexity index is 1080. The highest BCUT2D eigenvalue weighted by Crippen LogP contribution is 2.29. The lowest BCUT2D eigenvalue weighted by atomic mass is 9.96. The summed E-state index contributed by atoms with van der Waals surface area (Å²) >= 11 is 0. The van der Waals surface area contributed by atoms with Gasteiger partial charge in [0.15, 0.2) is 0 Å². The molecule has 0 bridgehead atoms. The summed E-state index contributed by atoms with van der Waals surface area (Å²) in [6.45, 7) is 2.25. The molecule has 3 rings (SSSR count). The Balaban J connectivity index is 1.65. The number of carbonyl (C=O) groups excluding carboxylic acids is 1. The predicted octanol–water partition coefficient (Wildman–Crippen LogP) is 3.10. The third-order valence-corrected chi connectivity index (χ3v) is 7.55. The highest BCUT2D eigenvalue weighted by atomic mass is 32.2. The molecule has 0 aliphatic carbocycles. The van der Waals surface area contributed by atoms with Crippen molar-refractivity contribution in [2.75, 3.05) is 20.1 Å². The van der Waals surface area contributed by atoms with E-state index in [0.29, 0.717) is 24.9 Å². The number of aryl methyl sites for hydroxylation is 1. The van der Waals surface area contributed by atoms with Gasteiger partial charge in [0.2, 0.25) is 15.9 Å². The number of nitro benzene ring substituents is 1. The minimum Gasteiger partial charge on any atom is -0.341 e. The molecular weight excluding hydrogens is 425 g/mol. The molecule has 1 aliphatic rings. The fraction of sp³-hybridized carbons (Fsp3) is 0.381. The number of piperidine rings is 1. The molecule has 0 atom stereocenters. The molecule has 166 valence electrons. The smallest absolute Gasteiger partial charge is 0.270 e. The maximum atomic E-state index is 13.0. The Morgan fingerprint density at radius 1 is 1.19 bits per heavy atom. The standard InChI is InChI=1S/C21H24FN3O5S/c1-15-3-8-19(25(27)28)13-20(15)31(29,30)24-11-9-17(10-12-24)21(26)23(2)14-16-4-6-18(22)7-5-16/h3-8,13,17H,9-12,14H2,1-2H3. The first-order valence-electron chi connectivity index (χ1n) is 9.84. The number of amides is 1. The topological polar surface area (TPSA) is 101 Å². The van der Waals surface area contributed by atoms with Crippen LogP contribution in [0.2, 0.25) is 0 Å². The molecule has 0 saturated carbocycles. The van der Waals surface area contributed by atoms with Crippen LogP contribution < -0.4 is 0 Å². The number of benzene rings is 2. The van der Waals surface area contributed by atoms with Crippen molar-refractivity contribution in [3.63, 3.8) is 0 Å². The third-order valence-electron chi connectivity index (χ3n) is 5.51. The first kappa shape index (κ1) is 22.8. The Kier molecular flexibility index (Phi) is 6.71. The highest BCUT2D eigenvalue weighted by Gasteiger charge is 2.34. The summed E-state index contributed by atoms with van der Waals surface area (Å²) in [7, 11) is -2.23. The molecule has 1 saturated heterocycles. The summed E-state index contributed by atoms with van der Waals surface area (Å²) in [4.78, 5) is 24.7. The second-order valence-corrected chi connectivity index (χ2v) is 9.61. The minimum atomic E-state index is -3.90. The summed E-state index contributed by atoms with van der Waals surface area (Å²) in [6.07, 6.45) is 0.722. The van der Waals surface area contributed by atoms with Gasteiger partial charge in [-0.15, -0.1) is 0 Å². The first-order valence-corrected chi connectivity index (χ1v) is 11.3. The van der Waals surface area contributed by atoms with Crippen LogP contribution in [-0.2, 0) is 21.4 Å². The zero-order valence-corrected chi connectivity index (χ0v) is 18.1. The van der Waals surface area contributed by atoms with Gasteiger partial charge in [0.25, 0.3) is 5.69 Å². The van der Waals surface area contributed by atoms with Gasteiger partial charge in [-0.3, -0.25) is 14.9 Å². The van der Waals surface area contributed by atoms with E-state index in [1.165, 1.54) is 28.6 Å². The van der Waals surface area contributed by atoms with E-state index in [1.54, 1.807) is 31.0 Å². The average molecular weight is 450 g/mol. The van der Waals surface area contributed by atoms with Gasteiger partial charge in [-0.25, -0.2) is 12.8 Å². The van der Waals surface area contributed by atoms with Gasteiger partial charge < -0.3 is 4.90 Å². The van der Waals surface area contributed by atoms with E-state index in [1.807, 2.05) is 0 Å². The van der Waals surface area contributed by atoms with Crippen molar-refractivity contribution >= 4 is 21.6 Å². The van der Waals surface area contributed by atoms with Crippen LogP contribution in [-0.4, -0.2) is 48.6 Å². The summed E-state index contributed by atoms with van der Waals surface area (Å²) in [5.41, 5.74) is 0.956. The van der Waals surface area contributed by atoms with Crippen LogP contribution in [0.1, 0.15) is 24.0 Å². The van der Waals surface area contributed by atoms with E-state index in [9.17, 15) is 27.7 Å². The van der Waals surface area contributed by atoms with Crippen molar-refractivity contribution in [3.8, 4) is 0 Å². The second kappa shape index (κ2) is 9.11. The predicted molar refractivity (Wildman–Crippen MR) is 112 cm³/mol. The minimum absolute atomic E-state index is 0.0834. The van der Waals surface area contributed by atoms with E-state index >= 15 is 0 Å². The Morgan fingerprint density at radius 3 is 2.39 bits per heavy atom. The van der Waals surface area contributed by atoms with Gasteiger partial charge in [-0.05, 0) is 43.0 Å². The molecule has 31 heavy (non-hydrogen) atoms. The van der Waals surface area contributed by atoms with Crippen molar-refractivity contribution < 1.29 is 22.5 Å². The molecule has 0 radical (unpaired) electrons. The van der Waals surface area contributed by atoms with E-state index in [0.717, 1.165) is 11.6 Å². The number of halogens is 1. The maximum Gasteiger partial charge on any atom is 0.270 e. The van der Waals surface area contributed by atoms with Gasteiger partial charge in [-0.1, -0.05) is 18.2 Å². The Morgan fingerprint density at radius 2 is 1.81 bits per heavy atom. The lowest BCUT2D eigenvalue weighted by molar-refractivity contribution is -0.385. The summed E-state index contributed by atoms with van der Waals surface area (Å²) in [5, 5.41) is 11.0. The van der Waals surface area contributed by atoms with Gasteiger partial charge in [0, 0.05) is 44.7 Å². The van der Waals surface area contributed by atoms with Gasteiger partial charge in [0.05, 0.1) is 9.82 Å². The third kappa shape index (κ3) is 5.08. The van der Waals surface area contributed by atoms with Crippen LogP contribution in [0.3, 0.4) is 0 Å². The maximum absolute atomic E-state index is 13.0. The van der Waals surface area contributed by atoms with Crippen molar-refractivity contribution in [1.29, 1.82) is 0 Å². The summed E-state index contributed by atoms with van der Waals surface area (Å²) in [6, 6.07) is 9.70. The fourth-order valence-electron chi connectivity index (χ4n) is 3.72. The molecule has 0 aromatic heterocycles. The molecule has 2 aromatic carbocycles. The van der Waals surface area contributed by atoms with E-state index < -0.39 is 14.9 Å². The number of sulfonamides is 1. The number of non-ortho nitro benzene ring substituents is 1. The molecule has 8 nitrogen and oxygen atoms in total. The zero-order chi connectivity index (χ0) is 22.8.